The Morgan fingerprint density at radius 2 is 1.60 bits per heavy atom. The lowest BCUT2D eigenvalue weighted by atomic mass is 9.93. The van der Waals surface area contributed by atoms with Gasteiger partial charge in [-0.2, -0.15) is 0 Å². The monoisotopic (exact) mass is 481 g/mol. The molecular formula is C27H22F3NO4. The van der Waals surface area contributed by atoms with E-state index in [1.807, 2.05) is 32.9 Å². The van der Waals surface area contributed by atoms with Gasteiger partial charge in [0.15, 0.2) is 0 Å². The number of aliphatic hydroxyl groups is 1. The largest absolute Gasteiger partial charge is 0.573 e. The van der Waals surface area contributed by atoms with Gasteiger partial charge in [-0.25, -0.2) is 0 Å². The molecule has 1 aliphatic rings. The average molecular weight is 481 g/mol. The maximum Gasteiger partial charge on any atom is 0.573 e. The van der Waals surface area contributed by atoms with Gasteiger partial charge in [0.25, 0.3) is 11.7 Å². The molecule has 180 valence electrons. The number of amides is 1. The van der Waals surface area contributed by atoms with E-state index in [9.17, 15) is 27.9 Å². The van der Waals surface area contributed by atoms with Crippen LogP contribution in [0.3, 0.4) is 0 Å². The van der Waals surface area contributed by atoms with Gasteiger partial charge < -0.3 is 9.84 Å². The van der Waals surface area contributed by atoms with Crippen molar-refractivity contribution in [2.45, 2.75) is 33.2 Å². The fourth-order valence-corrected chi connectivity index (χ4v) is 4.11. The topological polar surface area (TPSA) is 66.8 Å². The number of anilines is 1. The van der Waals surface area contributed by atoms with E-state index in [-0.39, 0.29) is 17.0 Å². The van der Waals surface area contributed by atoms with E-state index in [0.29, 0.717) is 11.1 Å². The summed E-state index contributed by atoms with van der Waals surface area (Å²) in [6, 6.07) is 16.0. The van der Waals surface area contributed by atoms with Crippen LogP contribution in [0.25, 0.3) is 5.76 Å². The van der Waals surface area contributed by atoms with E-state index >= 15 is 0 Å². The van der Waals surface area contributed by atoms with E-state index in [2.05, 4.69) is 4.74 Å². The number of aryl methyl sites for hydroxylation is 3. The highest BCUT2D eigenvalue weighted by molar-refractivity contribution is 6.51. The molecule has 0 aromatic heterocycles. The highest BCUT2D eigenvalue weighted by atomic mass is 19.4. The summed E-state index contributed by atoms with van der Waals surface area (Å²) in [4.78, 5) is 27.6. The molecule has 3 aromatic carbocycles. The van der Waals surface area contributed by atoms with Crippen LogP contribution in [0.4, 0.5) is 18.9 Å². The number of alkyl halides is 3. The van der Waals surface area contributed by atoms with Gasteiger partial charge in [-0.15, -0.1) is 13.2 Å². The quantitative estimate of drug-likeness (QED) is 0.276. The minimum atomic E-state index is -4.86. The molecule has 1 aliphatic heterocycles. The summed E-state index contributed by atoms with van der Waals surface area (Å²) >= 11 is 0. The summed E-state index contributed by atoms with van der Waals surface area (Å²) < 4.78 is 41.6. The third-order valence-corrected chi connectivity index (χ3v) is 5.93. The summed E-state index contributed by atoms with van der Waals surface area (Å²) in [5.74, 6) is -2.56. The lowest BCUT2D eigenvalue weighted by Crippen LogP contribution is -2.29. The van der Waals surface area contributed by atoms with E-state index in [1.165, 1.54) is 17.0 Å². The van der Waals surface area contributed by atoms with Crippen LogP contribution in [-0.4, -0.2) is 23.2 Å². The van der Waals surface area contributed by atoms with Gasteiger partial charge in [0.1, 0.15) is 11.5 Å². The molecule has 1 unspecified atom stereocenters. The molecule has 1 fully saturated rings. The minimum absolute atomic E-state index is 0.0977. The van der Waals surface area contributed by atoms with Crippen molar-refractivity contribution in [2.24, 2.45) is 0 Å². The van der Waals surface area contributed by atoms with Crippen LogP contribution < -0.4 is 9.64 Å². The Hall–Kier alpha value is -4.07. The second kappa shape index (κ2) is 8.94. The molecule has 1 atom stereocenters. The molecule has 0 saturated carbocycles. The third kappa shape index (κ3) is 4.77. The molecule has 1 heterocycles. The number of hydrogen-bond acceptors (Lipinski definition) is 4. The van der Waals surface area contributed by atoms with Gasteiger partial charge in [0.2, 0.25) is 0 Å². The number of halogens is 3. The molecule has 0 bridgehead atoms. The molecule has 1 amide bonds. The highest BCUT2D eigenvalue weighted by Crippen LogP contribution is 2.43. The first-order valence-electron chi connectivity index (χ1n) is 10.8. The van der Waals surface area contributed by atoms with Crippen LogP contribution in [-0.2, 0) is 9.59 Å². The number of ketones is 1. The van der Waals surface area contributed by atoms with Crippen molar-refractivity contribution in [3.8, 4) is 5.75 Å². The molecule has 0 radical (unpaired) electrons. The zero-order valence-electron chi connectivity index (χ0n) is 19.2. The van der Waals surface area contributed by atoms with Crippen LogP contribution in [0.15, 0.2) is 72.3 Å². The number of aliphatic hydroxyl groups excluding tert-OH is 1. The first-order chi connectivity index (χ1) is 16.5. The Kier molecular flexibility index (Phi) is 6.15. The number of benzene rings is 3. The number of carbonyl (C=O) groups is 2. The van der Waals surface area contributed by atoms with Gasteiger partial charge >= 0.3 is 6.36 Å². The lowest BCUT2D eigenvalue weighted by Gasteiger charge is -2.26. The Morgan fingerprint density at radius 1 is 0.914 bits per heavy atom. The number of nitrogens with zero attached hydrogens (tertiary/aromatic N) is 1. The van der Waals surface area contributed by atoms with Crippen molar-refractivity contribution in [1.29, 1.82) is 0 Å². The highest BCUT2D eigenvalue weighted by Gasteiger charge is 2.47. The van der Waals surface area contributed by atoms with Crippen LogP contribution in [0.1, 0.15) is 33.9 Å². The fraction of sp³-hybridized carbons (Fsp3) is 0.185. The number of hydrogen-bond donors (Lipinski definition) is 1. The molecule has 8 heteroatoms. The summed E-state index contributed by atoms with van der Waals surface area (Å²) in [6.45, 7) is 5.63. The molecular weight excluding hydrogens is 459 g/mol. The second-order valence-electron chi connectivity index (χ2n) is 8.42. The van der Waals surface area contributed by atoms with Crippen LogP contribution in [0, 0.1) is 20.8 Å². The standard InChI is InChI=1S/C27H22F3NO4/c1-15-5-4-6-18(13-15)23-22(24(32)19-8-7-16(2)17(3)14-19)25(33)26(34)31(23)20-9-11-21(12-10-20)35-27(28,29)30/h4-14,23,32H,1-3H3/b24-22-. The number of ether oxygens (including phenoxy) is 1. The summed E-state index contributed by atoms with van der Waals surface area (Å²) in [6.07, 6.45) is -4.86. The maximum absolute atomic E-state index is 13.2. The Morgan fingerprint density at radius 3 is 2.20 bits per heavy atom. The Labute approximate surface area is 200 Å². The molecule has 4 rings (SSSR count). The van der Waals surface area contributed by atoms with Gasteiger partial charge in [0.05, 0.1) is 11.6 Å². The zero-order chi connectivity index (χ0) is 25.5. The van der Waals surface area contributed by atoms with Crippen molar-refractivity contribution in [3.05, 3.63) is 100 Å². The normalized spacial score (nSPS) is 17.7. The van der Waals surface area contributed by atoms with Crippen molar-refractivity contribution in [3.63, 3.8) is 0 Å². The first kappa shape index (κ1) is 24.1. The predicted octanol–water partition coefficient (Wildman–Crippen LogP) is 6.14. The van der Waals surface area contributed by atoms with E-state index in [1.54, 1.807) is 30.3 Å². The third-order valence-electron chi connectivity index (χ3n) is 5.93. The molecule has 5 nitrogen and oxygen atoms in total. The smallest absolute Gasteiger partial charge is 0.507 e. The summed E-state index contributed by atoms with van der Waals surface area (Å²) in [5, 5.41) is 11.2. The molecule has 0 aliphatic carbocycles. The average Bonchev–Trinajstić information content (AvgIpc) is 3.05. The first-order valence-corrected chi connectivity index (χ1v) is 10.8. The van der Waals surface area contributed by atoms with Crippen molar-refractivity contribution in [1.82, 2.24) is 0 Å². The molecule has 35 heavy (non-hydrogen) atoms. The number of rotatable bonds is 4. The van der Waals surface area contributed by atoms with Crippen molar-refractivity contribution < 1.29 is 32.6 Å². The van der Waals surface area contributed by atoms with E-state index in [0.717, 1.165) is 28.8 Å². The second-order valence-corrected chi connectivity index (χ2v) is 8.42. The summed E-state index contributed by atoms with van der Waals surface area (Å²) in [7, 11) is 0. The van der Waals surface area contributed by atoms with Crippen LogP contribution >= 0.6 is 0 Å². The molecule has 0 spiro atoms. The lowest BCUT2D eigenvalue weighted by molar-refractivity contribution is -0.274. The van der Waals surface area contributed by atoms with E-state index < -0.39 is 29.8 Å². The van der Waals surface area contributed by atoms with Gasteiger partial charge in [0, 0.05) is 11.3 Å². The Bertz CT molecular complexity index is 1340. The molecule has 3 aromatic rings. The molecule has 1 saturated heterocycles. The van der Waals surface area contributed by atoms with Crippen LogP contribution in [0.5, 0.6) is 5.75 Å². The maximum atomic E-state index is 13.2. The summed E-state index contributed by atoms with van der Waals surface area (Å²) in [5.41, 5.74) is 3.82. The van der Waals surface area contributed by atoms with Gasteiger partial charge in [-0.05, 0) is 67.8 Å². The predicted molar refractivity (Wildman–Crippen MR) is 125 cm³/mol. The van der Waals surface area contributed by atoms with Crippen LogP contribution in [0.2, 0.25) is 0 Å². The van der Waals surface area contributed by atoms with Crippen molar-refractivity contribution >= 4 is 23.1 Å². The fourth-order valence-electron chi connectivity index (χ4n) is 4.11. The van der Waals surface area contributed by atoms with E-state index in [4.69, 9.17) is 0 Å². The van der Waals surface area contributed by atoms with Crippen molar-refractivity contribution in [2.75, 3.05) is 4.90 Å². The number of carbonyl (C=O) groups excluding carboxylic acids is 2. The van der Waals surface area contributed by atoms with Gasteiger partial charge in [-0.1, -0.05) is 42.0 Å². The van der Waals surface area contributed by atoms with Gasteiger partial charge in [-0.3, -0.25) is 14.5 Å². The number of Topliss-reactive ketones (excluding diaryl/α,β-unsaturated/α-hetero) is 1. The molecule has 1 N–H and O–H groups in total. The SMILES string of the molecule is Cc1cccc(C2/C(=C(/O)c3ccc(C)c(C)c3)C(=O)C(=O)N2c2ccc(OC(F)(F)F)cc2)c1. The Balaban J connectivity index is 1.87. The zero-order valence-corrected chi connectivity index (χ0v) is 19.2. The minimum Gasteiger partial charge on any atom is -0.507 e.